The van der Waals surface area contributed by atoms with Crippen LogP contribution in [0.1, 0.15) is 34.6 Å². The second-order valence-corrected chi connectivity index (χ2v) is 6.18. The van der Waals surface area contributed by atoms with Gasteiger partial charge in [-0.3, -0.25) is 14.5 Å². The number of ether oxygens (including phenoxy) is 1. The van der Waals surface area contributed by atoms with E-state index in [0.29, 0.717) is 11.3 Å². The molecule has 1 aliphatic rings. The van der Waals surface area contributed by atoms with Crippen LogP contribution in [0.25, 0.3) is 0 Å². The van der Waals surface area contributed by atoms with Gasteiger partial charge in [-0.05, 0) is 30.7 Å². The number of urea groups is 1. The number of imide groups is 1. The number of rotatable bonds is 7. The molecular formula is C19H19N3O6. The summed E-state index contributed by atoms with van der Waals surface area (Å²) in [5.74, 6) is -0.995. The SMILES string of the molecule is CC(NC(=O)COC(=O)c1ccccc1CN1C(=O)CNC1=O)c1ccco1. The molecule has 0 saturated carbocycles. The molecule has 0 radical (unpaired) electrons. The molecule has 9 nitrogen and oxygen atoms in total. The molecule has 1 aromatic heterocycles. The van der Waals surface area contributed by atoms with E-state index in [1.165, 1.54) is 12.3 Å². The number of benzene rings is 1. The molecule has 2 heterocycles. The Morgan fingerprint density at radius 3 is 2.71 bits per heavy atom. The first-order valence-corrected chi connectivity index (χ1v) is 8.61. The second-order valence-electron chi connectivity index (χ2n) is 6.18. The van der Waals surface area contributed by atoms with Gasteiger partial charge in [-0.15, -0.1) is 0 Å². The molecule has 1 unspecified atom stereocenters. The van der Waals surface area contributed by atoms with E-state index in [0.717, 1.165) is 4.90 Å². The van der Waals surface area contributed by atoms with Gasteiger partial charge in [0, 0.05) is 0 Å². The second kappa shape index (κ2) is 8.38. The number of nitrogens with zero attached hydrogens (tertiary/aromatic N) is 1. The van der Waals surface area contributed by atoms with E-state index < -0.39 is 24.5 Å². The lowest BCUT2D eigenvalue weighted by Gasteiger charge is -2.15. The van der Waals surface area contributed by atoms with Crippen LogP contribution in [0.5, 0.6) is 0 Å². The minimum atomic E-state index is -0.719. The Balaban J connectivity index is 1.59. The van der Waals surface area contributed by atoms with E-state index >= 15 is 0 Å². The lowest BCUT2D eigenvalue weighted by molar-refractivity contribution is -0.125. The third-order valence-electron chi connectivity index (χ3n) is 4.18. The summed E-state index contributed by atoms with van der Waals surface area (Å²) in [6.07, 6.45) is 1.50. The predicted molar refractivity (Wildman–Crippen MR) is 95.9 cm³/mol. The van der Waals surface area contributed by atoms with Crippen LogP contribution in [0.2, 0.25) is 0 Å². The van der Waals surface area contributed by atoms with Gasteiger partial charge in [-0.2, -0.15) is 0 Å². The van der Waals surface area contributed by atoms with Crippen molar-refractivity contribution in [1.29, 1.82) is 0 Å². The minimum Gasteiger partial charge on any atom is -0.467 e. The standard InChI is InChI=1S/C19H19N3O6/c1-12(15-7-4-8-27-15)21-16(23)11-28-18(25)14-6-3-2-5-13(14)10-22-17(24)9-20-19(22)26/h2-8,12H,9-11H2,1H3,(H,20,26)(H,21,23). The summed E-state index contributed by atoms with van der Waals surface area (Å²) >= 11 is 0. The molecule has 4 amide bonds. The summed E-state index contributed by atoms with van der Waals surface area (Å²) in [5, 5.41) is 5.08. The molecule has 146 valence electrons. The fourth-order valence-corrected chi connectivity index (χ4v) is 2.74. The molecule has 3 rings (SSSR count). The Kier molecular flexibility index (Phi) is 5.73. The number of furan rings is 1. The molecular weight excluding hydrogens is 366 g/mol. The Bertz CT molecular complexity index is 877. The highest BCUT2D eigenvalue weighted by Gasteiger charge is 2.29. The van der Waals surface area contributed by atoms with Gasteiger partial charge in [0.25, 0.3) is 5.91 Å². The monoisotopic (exact) mass is 385 g/mol. The fraction of sp³-hybridized carbons (Fsp3) is 0.263. The molecule has 1 saturated heterocycles. The van der Waals surface area contributed by atoms with Crippen molar-refractivity contribution in [3.8, 4) is 0 Å². The van der Waals surface area contributed by atoms with Crippen LogP contribution >= 0.6 is 0 Å². The highest BCUT2D eigenvalue weighted by molar-refractivity contribution is 6.02. The molecule has 1 aromatic carbocycles. The maximum Gasteiger partial charge on any atom is 0.338 e. The van der Waals surface area contributed by atoms with Crippen LogP contribution in [-0.4, -0.2) is 41.9 Å². The molecule has 2 N–H and O–H groups in total. The van der Waals surface area contributed by atoms with E-state index in [9.17, 15) is 19.2 Å². The van der Waals surface area contributed by atoms with Gasteiger partial charge >= 0.3 is 12.0 Å². The molecule has 2 aromatic rings. The molecule has 1 aliphatic heterocycles. The number of carbonyl (C=O) groups excluding carboxylic acids is 4. The summed E-state index contributed by atoms with van der Waals surface area (Å²) in [7, 11) is 0. The Hall–Kier alpha value is -3.62. The molecule has 1 fully saturated rings. The van der Waals surface area contributed by atoms with E-state index in [4.69, 9.17) is 9.15 Å². The van der Waals surface area contributed by atoms with E-state index in [1.54, 1.807) is 37.3 Å². The van der Waals surface area contributed by atoms with Crippen molar-refractivity contribution < 1.29 is 28.3 Å². The molecule has 9 heteroatoms. The van der Waals surface area contributed by atoms with Crippen LogP contribution in [0.3, 0.4) is 0 Å². The zero-order valence-corrected chi connectivity index (χ0v) is 15.1. The first-order valence-electron chi connectivity index (χ1n) is 8.61. The molecule has 0 spiro atoms. The van der Waals surface area contributed by atoms with Crippen LogP contribution in [0.4, 0.5) is 4.79 Å². The van der Waals surface area contributed by atoms with Gasteiger partial charge in [0.05, 0.1) is 31.0 Å². The van der Waals surface area contributed by atoms with Crippen LogP contribution in [0.15, 0.2) is 47.1 Å². The first-order chi connectivity index (χ1) is 13.5. The van der Waals surface area contributed by atoms with Gasteiger partial charge < -0.3 is 19.8 Å². The minimum absolute atomic E-state index is 0.0579. The summed E-state index contributed by atoms with van der Waals surface area (Å²) in [4.78, 5) is 48.9. The van der Waals surface area contributed by atoms with Crippen molar-refractivity contribution in [2.24, 2.45) is 0 Å². The maximum absolute atomic E-state index is 12.4. The third kappa shape index (κ3) is 4.37. The van der Waals surface area contributed by atoms with Gasteiger partial charge in [-0.25, -0.2) is 9.59 Å². The van der Waals surface area contributed by atoms with Crippen LogP contribution in [-0.2, 0) is 20.9 Å². The number of hydrogen-bond acceptors (Lipinski definition) is 6. The van der Waals surface area contributed by atoms with Crippen molar-refractivity contribution >= 4 is 23.8 Å². The Morgan fingerprint density at radius 1 is 1.25 bits per heavy atom. The lowest BCUT2D eigenvalue weighted by Crippen LogP contribution is -2.32. The number of carbonyl (C=O) groups is 4. The molecule has 28 heavy (non-hydrogen) atoms. The number of nitrogens with one attached hydrogen (secondary N) is 2. The number of amides is 4. The topological polar surface area (TPSA) is 118 Å². The summed E-state index contributed by atoms with van der Waals surface area (Å²) in [6, 6.07) is 9.00. The summed E-state index contributed by atoms with van der Waals surface area (Å²) < 4.78 is 10.3. The quantitative estimate of drug-likeness (QED) is 0.549. The van der Waals surface area contributed by atoms with E-state index in [-0.39, 0.29) is 30.6 Å². The number of hydrogen-bond donors (Lipinski definition) is 2. The van der Waals surface area contributed by atoms with Crippen molar-refractivity contribution in [1.82, 2.24) is 15.5 Å². The molecule has 0 aliphatic carbocycles. The third-order valence-corrected chi connectivity index (χ3v) is 4.18. The predicted octanol–water partition coefficient (Wildman–Crippen LogP) is 1.37. The van der Waals surface area contributed by atoms with Gasteiger partial charge in [0.2, 0.25) is 5.91 Å². The van der Waals surface area contributed by atoms with Crippen molar-refractivity contribution in [2.75, 3.05) is 13.2 Å². The molecule has 1 atom stereocenters. The maximum atomic E-state index is 12.4. The van der Waals surface area contributed by atoms with Gasteiger partial charge in [0.15, 0.2) is 6.61 Å². The van der Waals surface area contributed by atoms with Gasteiger partial charge in [0.1, 0.15) is 5.76 Å². The van der Waals surface area contributed by atoms with E-state index in [1.807, 2.05) is 0 Å². The highest BCUT2D eigenvalue weighted by atomic mass is 16.5. The number of esters is 1. The zero-order valence-electron chi connectivity index (χ0n) is 15.1. The normalized spacial score (nSPS) is 14.5. The van der Waals surface area contributed by atoms with Crippen LogP contribution in [0, 0.1) is 0 Å². The Morgan fingerprint density at radius 2 is 2.04 bits per heavy atom. The average molecular weight is 385 g/mol. The van der Waals surface area contributed by atoms with Crippen LogP contribution < -0.4 is 10.6 Å². The lowest BCUT2D eigenvalue weighted by atomic mass is 10.1. The zero-order chi connectivity index (χ0) is 20.1. The van der Waals surface area contributed by atoms with Crippen molar-refractivity contribution in [2.45, 2.75) is 19.5 Å². The highest BCUT2D eigenvalue weighted by Crippen LogP contribution is 2.15. The first kappa shape index (κ1) is 19.2. The van der Waals surface area contributed by atoms with Crippen molar-refractivity contribution in [3.05, 3.63) is 59.5 Å². The Labute approximate surface area is 160 Å². The fourth-order valence-electron chi connectivity index (χ4n) is 2.74. The average Bonchev–Trinajstić information content (AvgIpc) is 3.33. The summed E-state index contributed by atoms with van der Waals surface area (Å²) in [5.41, 5.74) is 0.629. The summed E-state index contributed by atoms with van der Waals surface area (Å²) in [6.45, 7) is 1.14. The largest absolute Gasteiger partial charge is 0.467 e. The van der Waals surface area contributed by atoms with E-state index in [2.05, 4.69) is 10.6 Å². The van der Waals surface area contributed by atoms with Crippen molar-refractivity contribution in [3.63, 3.8) is 0 Å². The molecule has 0 bridgehead atoms. The smallest absolute Gasteiger partial charge is 0.338 e. The van der Waals surface area contributed by atoms with Gasteiger partial charge in [-0.1, -0.05) is 18.2 Å².